The zero-order valence-electron chi connectivity index (χ0n) is 13.0. The highest BCUT2D eigenvalue weighted by Crippen LogP contribution is 2.34. The molecule has 0 amide bonds. The number of benzene rings is 1. The van der Waals surface area contributed by atoms with Gasteiger partial charge in [-0.05, 0) is 49.4 Å². The van der Waals surface area contributed by atoms with E-state index < -0.39 is 0 Å². The van der Waals surface area contributed by atoms with Crippen LogP contribution in [-0.2, 0) is 0 Å². The molecule has 3 nitrogen and oxygen atoms in total. The number of methoxy groups -OCH3 is 1. The van der Waals surface area contributed by atoms with Crippen LogP contribution in [-0.4, -0.2) is 31.1 Å². The molecule has 3 heteroatoms. The quantitative estimate of drug-likeness (QED) is 0.792. The summed E-state index contributed by atoms with van der Waals surface area (Å²) in [6, 6.07) is 8.83. The second-order valence-electron chi connectivity index (χ2n) is 5.82. The molecule has 1 saturated carbocycles. The average molecular weight is 276 g/mol. The molecular formula is C17H28N2O. The summed E-state index contributed by atoms with van der Waals surface area (Å²) in [7, 11) is 1.72. The molecule has 20 heavy (non-hydrogen) atoms. The highest BCUT2D eigenvalue weighted by Gasteiger charge is 2.30. The molecule has 112 valence electrons. The van der Waals surface area contributed by atoms with Crippen molar-refractivity contribution >= 4 is 0 Å². The standard InChI is InChI=1S/C17H28N2O/c1-4-16(18)17(19(5-2)12-13-9-10-13)14-7-6-8-15(11-14)20-3/h6-8,11,13,16-17H,4-5,9-10,12,18H2,1-3H3. The Hall–Kier alpha value is -1.06. The zero-order valence-corrected chi connectivity index (χ0v) is 13.0. The van der Waals surface area contributed by atoms with Gasteiger partial charge in [0, 0.05) is 18.6 Å². The van der Waals surface area contributed by atoms with Crippen LogP contribution in [0.2, 0.25) is 0 Å². The van der Waals surface area contributed by atoms with E-state index in [4.69, 9.17) is 10.5 Å². The lowest BCUT2D eigenvalue weighted by atomic mass is 9.95. The molecule has 0 aromatic heterocycles. The van der Waals surface area contributed by atoms with Gasteiger partial charge in [-0.2, -0.15) is 0 Å². The average Bonchev–Trinajstić information content (AvgIpc) is 3.30. The van der Waals surface area contributed by atoms with Gasteiger partial charge in [-0.25, -0.2) is 0 Å². The number of nitrogens with zero attached hydrogens (tertiary/aromatic N) is 1. The van der Waals surface area contributed by atoms with Gasteiger partial charge in [-0.1, -0.05) is 26.0 Å². The molecule has 1 aromatic rings. The third-order valence-electron chi connectivity index (χ3n) is 4.30. The fourth-order valence-corrected chi connectivity index (χ4v) is 2.85. The molecule has 0 heterocycles. The van der Waals surface area contributed by atoms with E-state index in [1.807, 2.05) is 6.07 Å². The number of nitrogens with two attached hydrogens (primary N) is 1. The van der Waals surface area contributed by atoms with E-state index in [9.17, 15) is 0 Å². The largest absolute Gasteiger partial charge is 0.497 e. The molecule has 1 aliphatic carbocycles. The second kappa shape index (κ2) is 7.09. The fraction of sp³-hybridized carbons (Fsp3) is 0.647. The third kappa shape index (κ3) is 3.74. The SMILES string of the molecule is CCC(N)C(c1cccc(OC)c1)N(CC)CC1CC1. The van der Waals surface area contributed by atoms with Crippen LogP contribution in [0.25, 0.3) is 0 Å². The monoisotopic (exact) mass is 276 g/mol. The number of hydrogen-bond donors (Lipinski definition) is 1. The van der Waals surface area contributed by atoms with Crippen LogP contribution in [0.4, 0.5) is 0 Å². The van der Waals surface area contributed by atoms with E-state index in [0.717, 1.165) is 24.6 Å². The van der Waals surface area contributed by atoms with Gasteiger partial charge in [0.25, 0.3) is 0 Å². The minimum atomic E-state index is 0.167. The molecule has 1 aliphatic rings. The maximum absolute atomic E-state index is 6.43. The lowest BCUT2D eigenvalue weighted by molar-refractivity contribution is 0.170. The summed E-state index contributed by atoms with van der Waals surface area (Å²) in [5, 5.41) is 0. The summed E-state index contributed by atoms with van der Waals surface area (Å²) in [5.74, 6) is 1.80. The van der Waals surface area contributed by atoms with Gasteiger partial charge in [0.1, 0.15) is 5.75 Å². The van der Waals surface area contributed by atoms with Crippen molar-refractivity contribution in [1.82, 2.24) is 4.90 Å². The molecule has 0 bridgehead atoms. The lowest BCUT2D eigenvalue weighted by Crippen LogP contribution is -2.41. The van der Waals surface area contributed by atoms with E-state index in [1.165, 1.54) is 24.9 Å². The smallest absolute Gasteiger partial charge is 0.119 e. The number of ether oxygens (including phenoxy) is 1. The molecule has 0 radical (unpaired) electrons. The molecular weight excluding hydrogens is 248 g/mol. The van der Waals surface area contributed by atoms with Gasteiger partial charge in [-0.3, -0.25) is 4.90 Å². The first kappa shape index (κ1) is 15.3. The van der Waals surface area contributed by atoms with Crippen LogP contribution in [0.5, 0.6) is 5.75 Å². The summed E-state index contributed by atoms with van der Waals surface area (Å²) in [6.45, 7) is 6.62. The van der Waals surface area contributed by atoms with Crippen molar-refractivity contribution < 1.29 is 4.74 Å². The van der Waals surface area contributed by atoms with Crippen LogP contribution in [0.15, 0.2) is 24.3 Å². The molecule has 0 saturated heterocycles. The van der Waals surface area contributed by atoms with Crippen molar-refractivity contribution in [2.75, 3.05) is 20.2 Å². The molecule has 2 unspecified atom stereocenters. The Labute approximate surface area is 123 Å². The molecule has 1 fully saturated rings. The molecule has 0 aliphatic heterocycles. The Kier molecular flexibility index (Phi) is 5.44. The Bertz CT molecular complexity index is 417. The Morgan fingerprint density at radius 2 is 2.10 bits per heavy atom. The molecule has 2 N–H and O–H groups in total. The van der Waals surface area contributed by atoms with Crippen LogP contribution in [0.1, 0.15) is 44.7 Å². The predicted molar refractivity (Wildman–Crippen MR) is 84.0 cm³/mol. The third-order valence-corrected chi connectivity index (χ3v) is 4.30. The number of hydrogen-bond acceptors (Lipinski definition) is 3. The zero-order chi connectivity index (χ0) is 14.5. The summed E-state index contributed by atoms with van der Waals surface area (Å²) < 4.78 is 5.37. The van der Waals surface area contributed by atoms with Crippen molar-refractivity contribution in [1.29, 1.82) is 0 Å². The normalized spacial score (nSPS) is 18.1. The van der Waals surface area contributed by atoms with Crippen molar-refractivity contribution in [3.05, 3.63) is 29.8 Å². The van der Waals surface area contributed by atoms with Gasteiger partial charge < -0.3 is 10.5 Å². The summed E-state index contributed by atoms with van der Waals surface area (Å²) in [4.78, 5) is 2.54. The molecule has 2 atom stereocenters. The Balaban J connectivity index is 2.24. The molecule has 0 spiro atoms. The fourth-order valence-electron chi connectivity index (χ4n) is 2.85. The topological polar surface area (TPSA) is 38.5 Å². The van der Waals surface area contributed by atoms with E-state index in [1.54, 1.807) is 7.11 Å². The maximum Gasteiger partial charge on any atom is 0.119 e. The van der Waals surface area contributed by atoms with Gasteiger partial charge in [0.15, 0.2) is 0 Å². The van der Waals surface area contributed by atoms with Gasteiger partial charge in [0.05, 0.1) is 7.11 Å². The van der Waals surface area contributed by atoms with Gasteiger partial charge in [0.2, 0.25) is 0 Å². The van der Waals surface area contributed by atoms with Crippen molar-refractivity contribution in [2.24, 2.45) is 11.7 Å². The summed E-state index contributed by atoms with van der Waals surface area (Å²) in [5.41, 5.74) is 7.71. The second-order valence-corrected chi connectivity index (χ2v) is 5.82. The first-order valence-corrected chi connectivity index (χ1v) is 7.83. The van der Waals surface area contributed by atoms with Crippen LogP contribution >= 0.6 is 0 Å². The first-order chi connectivity index (χ1) is 9.69. The first-order valence-electron chi connectivity index (χ1n) is 7.83. The highest BCUT2D eigenvalue weighted by molar-refractivity contribution is 5.31. The van der Waals surface area contributed by atoms with Crippen molar-refractivity contribution in [2.45, 2.75) is 45.2 Å². The number of likely N-dealkylation sites (N-methyl/N-ethyl adjacent to an activating group) is 1. The van der Waals surface area contributed by atoms with Crippen molar-refractivity contribution in [3.63, 3.8) is 0 Å². The van der Waals surface area contributed by atoms with Gasteiger partial charge in [-0.15, -0.1) is 0 Å². The Morgan fingerprint density at radius 1 is 1.35 bits per heavy atom. The maximum atomic E-state index is 6.43. The van der Waals surface area contributed by atoms with E-state index >= 15 is 0 Å². The predicted octanol–water partition coefficient (Wildman–Crippen LogP) is 3.21. The Morgan fingerprint density at radius 3 is 2.65 bits per heavy atom. The van der Waals surface area contributed by atoms with Crippen LogP contribution in [0.3, 0.4) is 0 Å². The van der Waals surface area contributed by atoms with Crippen LogP contribution < -0.4 is 10.5 Å². The minimum Gasteiger partial charge on any atom is -0.497 e. The summed E-state index contributed by atoms with van der Waals surface area (Å²) in [6.07, 6.45) is 3.74. The van der Waals surface area contributed by atoms with Crippen LogP contribution in [0, 0.1) is 5.92 Å². The highest BCUT2D eigenvalue weighted by atomic mass is 16.5. The minimum absolute atomic E-state index is 0.167. The van der Waals surface area contributed by atoms with Crippen molar-refractivity contribution in [3.8, 4) is 5.75 Å². The van der Waals surface area contributed by atoms with Gasteiger partial charge >= 0.3 is 0 Å². The number of rotatable bonds is 8. The van der Waals surface area contributed by atoms with E-state index in [-0.39, 0.29) is 6.04 Å². The van der Waals surface area contributed by atoms with E-state index in [2.05, 4.69) is 36.9 Å². The summed E-state index contributed by atoms with van der Waals surface area (Å²) >= 11 is 0. The lowest BCUT2D eigenvalue weighted by Gasteiger charge is -2.35. The van der Waals surface area contributed by atoms with E-state index in [0.29, 0.717) is 6.04 Å². The molecule has 2 rings (SSSR count). The molecule has 1 aromatic carbocycles.